The standard InChI is InChI=1S/C12H25NO2/c1-11(15)5-8-13(2)9-12(10-14)6-3-4-7-12/h11,14-15H,3-10H2,1-2H3. The SMILES string of the molecule is CC(O)CCN(C)CC1(CO)CCCC1. The van der Waals surface area contributed by atoms with E-state index in [1.54, 1.807) is 0 Å². The molecule has 15 heavy (non-hydrogen) atoms. The zero-order valence-corrected chi connectivity index (χ0v) is 10.1. The first-order chi connectivity index (χ1) is 7.08. The molecule has 3 nitrogen and oxygen atoms in total. The van der Waals surface area contributed by atoms with Gasteiger partial charge in [-0.2, -0.15) is 0 Å². The zero-order valence-electron chi connectivity index (χ0n) is 10.1. The molecule has 1 saturated carbocycles. The first kappa shape index (κ1) is 12.9. The Balaban J connectivity index is 2.31. The van der Waals surface area contributed by atoms with E-state index in [-0.39, 0.29) is 11.5 Å². The minimum absolute atomic E-state index is 0.146. The third kappa shape index (κ3) is 4.09. The molecule has 0 spiro atoms. The molecular formula is C12H25NO2. The molecule has 0 radical (unpaired) electrons. The number of aliphatic hydroxyl groups excluding tert-OH is 2. The first-order valence-electron chi connectivity index (χ1n) is 6.05. The minimum Gasteiger partial charge on any atom is -0.396 e. The summed E-state index contributed by atoms with van der Waals surface area (Å²) in [4.78, 5) is 2.24. The molecule has 3 heteroatoms. The monoisotopic (exact) mass is 215 g/mol. The van der Waals surface area contributed by atoms with Crippen LogP contribution in [-0.4, -0.2) is 48.0 Å². The second kappa shape index (κ2) is 5.83. The molecule has 0 heterocycles. The third-order valence-electron chi connectivity index (χ3n) is 3.53. The third-order valence-corrected chi connectivity index (χ3v) is 3.53. The van der Waals surface area contributed by atoms with Crippen LogP contribution in [0.5, 0.6) is 0 Å². The molecule has 0 bridgehead atoms. The fourth-order valence-electron chi connectivity index (χ4n) is 2.55. The van der Waals surface area contributed by atoms with E-state index in [0.29, 0.717) is 6.61 Å². The van der Waals surface area contributed by atoms with Crippen LogP contribution in [0.2, 0.25) is 0 Å². The number of aliphatic hydroxyl groups is 2. The van der Waals surface area contributed by atoms with Crippen LogP contribution in [0.1, 0.15) is 39.0 Å². The Morgan fingerprint density at radius 3 is 2.40 bits per heavy atom. The maximum atomic E-state index is 9.47. The molecule has 0 amide bonds. The van der Waals surface area contributed by atoms with E-state index in [2.05, 4.69) is 11.9 Å². The predicted molar refractivity (Wildman–Crippen MR) is 61.8 cm³/mol. The fourth-order valence-corrected chi connectivity index (χ4v) is 2.55. The van der Waals surface area contributed by atoms with E-state index in [4.69, 9.17) is 0 Å². The van der Waals surface area contributed by atoms with E-state index in [1.165, 1.54) is 12.8 Å². The molecular weight excluding hydrogens is 190 g/mol. The van der Waals surface area contributed by atoms with Crippen LogP contribution in [0, 0.1) is 5.41 Å². The van der Waals surface area contributed by atoms with Crippen LogP contribution in [0.4, 0.5) is 0 Å². The molecule has 0 aromatic carbocycles. The van der Waals surface area contributed by atoms with E-state index in [0.717, 1.165) is 32.4 Å². The van der Waals surface area contributed by atoms with Crippen molar-refractivity contribution >= 4 is 0 Å². The van der Waals surface area contributed by atoms with Crippen LogP contribution in [0.3, 0.4) is 0 Å². The highest BCUT2D eigenvalue weighted by atomic mass is 16.3. The summed E-state index contributed by atoms with van der Waals surface area (Å²) in [6, 6.07) is 0. The van der Waals surface area contributed by atoms with Crippen molar-refractivity contribution in [2.75, 3.05) is 26.7 Å². The Kier molecular flexibility index (Phi) is 5.03. The largest absolute Gasteiger partial charge is 0.396 e. The van der Waals surface area contributed by atoms with Crippen LogP contribution in [0.15, 0.2) is 0 Å². The topological polar surface area (TPSA) is 43.7 Å². The van der Waals surface area contributed by atoms with Crippen molar-refractivity contribution in [3.63, 3.8) is 0 Å². The maximum Gasteiger partial charge on any atom is 0.0524 e. The molecule has 1 fully saturated rings. The van der Waals surface area contributed by atoms with Gasteiger partial charge in [0.2, 0.25) is 0 Å². The van der Waals surface area contributed by atoms with Crippen LogP contribution < -0.4 is 0 Å². The lowest BCUT2D eigenvalue weighted by molar-refractivity contribution is 0.0810. The highest BCUT2D eigenvalue weighted by Gasteiger charge is 2.33. The van der Waals surface area contributed by atoms with Crippen molar-refractivity contribution in [3.8, 4) is 0 Å². The summed E-state index contributed by atoms with van der Waals surface area (Å²) in [7, 11) is 2.08. The summed E-state index contributed by atoms with van der Waals surface area (Å²) in [5.41, 5.74) is 0.146. The molecule has 1 rings (SSSR count). The van der Waals surface area contributed by atoms with E-state index in [9.17, 15) is 10.2 Å². The average Bonchev–Trinajstić information content (AvgIpc) is 2.64. The smallest absolute Gasteiger partial charge is 0.0524 e. The lowest BCUT2D eigenvalue weighted by Crippen LogP contribution is -2.37. The van der Waals surface area contributed by atoms with Crippen LogP contribution in [-0.2, 0) is 0 Å². The molecule has 0 aromatic rings. The Hall–Kier alpha value is -0.120. The van der Waals surface area contributed by atoms with E-state index < -0.39 is 0 Å². The molecule has 2 N–H and O–H groups in total. The molecule has 0 aromatic heterocycles. The van der Waals surface area contributed by atoms with Gasteiger partial charge < -0.3 is 15.1 Å². The Morgan fingerprint density at radius 2 is 1.93 bits per heavy atom. The lowest BCUT2D eigenvalue weighted by atomic mass is 9.86. The average molecular weight is 215 g/mol. The van der Waals surface area contributed by atoms with Crippen LogP contribution in [0.25, 0.3) is 0 Å². The van der Waals surface area contributed by atoms with Gasteiger partial charge in [0.25, 0.3) is 0 Å². The van der Waals surface area contributed by atoms with Crippen molar-refractivity contribution in [1.82, 2.24) is 4.90 Å². The van der Waals surface area contributed by atoms with Gasteiger partial charge >= 0.3 is 0 Å². The van der Waals surface area contributed by atoms with Gasteiger partial charge in [0, 0.05) is 25.1 Å². The van der Waals surface area contributed by atoms with Gasteiger partial charge in [-0.25, -0.2) is 0 Å². The van der Waals surface area contributed by atoms with Crippen molar-refractivity contribution in [1.29, 1.82) is 0 Å². The van der Waals surface area contributed by atoms with Gasteiger partial charge in [0.1, 0.15) is 0 Å². The minimum atomic E-state index is -0.221. The molecule has 1 aliphatic rings. The fraction of sp³-hybridized carbons (Fsp3) is 1.00. The summed E-state index contributed by atoms with van der Waals surface area (Å²) in [5.74, 6) is 0. The van der Waals surface area contributed by atoms with Crippen molar-refractivity contribution in [2.24, 2.45) is 5.41 Å². The lowest BCUT2D eigenvalue weighted by Gasteiger charge is -2.32. The Bertz CT molecular complexity index is 176. The number of hydrogen-bond acceptors (Lipinski definition) is 3. The summed E-state index contributed by atoms with van der Waals surface area (Å²) in [6.07, 6.45) is 5.42. The van der Waals surface area contributed by atoms with Gasteiger partial charge in [0.05, 0.1) is 6.10 Å². The van der Waals surface area contributed by atoms with Gasteiger partial charge in [-0.3, -0.25) is 0 Å². The van der Waals surface area contributed by atoms with Gasteiger partial charge in [-0.1, -0.05) is 12.8 Å². The molecule has 0 aliphatic heterocycles. The summed E-state index contributed by atoms with van der Waals surface area (Å²) in [5, 5.41) is 18.7. The van der Waals surface area contributed by atoms with Gasteiger partial charge in [-0.15, -0.1) is 0 Å². The van der Waals surface area contributed by atoms with Crippen molar-refractivity contribution < 1.29 is 10.2 Å². The quantitative estimate of drug-likeness (QED) is 0.700. The Morgan fingerprint density at radius 1 is 1.33 bits per heavy atom. The summed E-state index contributed by atoms with van der Waals surface area (Å²) in [6.45, 7) is 4.02. The molecule has 90 valence electrons. The summed E-state index contributed by atoms with van der Waals surface area (Å²) >= 11 is 0. The van der Waals surface area contributed by atoms with E-state index in [1.807, 2.05) is 6.92 Å². The highest BCUT2D eigenvalue weighted by Crippen LogP contribution is 2.38. The predicted octanol–water partition coefficient (Wildman–Crippen LogP) is 1.24. The van der Waals surface area contributed by atoms with Crippen molar-refractivity contribution in [3.05, 3.63) is 0 Å². The number of rotatable bonds is 6. The summed E-state index contributed by atoms with van der Waals surface area (Å²) < 4.78 is 0. The van der Waals surface area contributed by atoms with Crippen molar-refractivity contribution in [2.45, 2.75) is 45.1 Å². The highest BCUT2D eigenvalue weighted by molar-refractivity contribution is 4.86. The number of hydrogen-bond donors (Lipinski definition) is 2. The first-order valence-corrected chi connectivity index (χ1v) is 6.05. The number of nitrogens with zero attached hydrogens (tertiary/aromatic N) is 1. The second-order valence-corrected chi connectivity index (χ2v) is 5.24. The van der Waals surface area contributed by atoms with E-state index >= 15 is 0 Å². The molecule has 1 unspecified atom stereocenters. The Labute approximate surface area is 93.1 Å². The molecule has 1 atom stereocenters. The molecule has 1 aliphatic carbocycles. The van der Waals surface area contributed by atoms with Crippen LogP contribution >= 0.6 is 0 Å². The maximum absolute atomic E-state index is 9.47. The molecule has 0 saturated heterocycles. The van der Waals surface area contributed by atoms with Gasteiger partial charge in [0.15, 0.2) is 0 Å². The zero-order chi connectivity index (χ0) is 11.3. The normalized spacial score (nSPS) is 22.2. The van der Waals surface area contributed by atoms with Gasteiger partial charge in [-0.05, 0) is 33.2 Å². The second-order valence-electron chi connectivity index (χ2n) is 5.24.